The normalized spacial score (nSPS) is 15.3. The molecule has 2 aromatic rings. The molecule has 342 valence electrons. The number of amides is 4. The smallest absolute Gasteiger partial charge is 0.310 e. The molecule has 2 aromatic carbocycles. The van der Waals surface area contributed by atoms with Gasteiger partial charge in [0.15, 0.2) is 5.96 Å². The minimum atomic E-state index is -1.18. The number of likely N-dealkylation sites (N-methyl/N-ethyl adjacent to an activating group) is 1. The van der Waals surface area contributed by atoms with E-state index >= 15 is 0 Å². The maximum Gasteiger partial charge on any atom is 0.310 e. The molecule has 0 heterocycles. The van der Waals surface area contributed by atoms with Crippen LogP contribution in [-0.2, 0) is 36.8 Å². The van der Waals surface area contributed by atoms with Gasteiger partial charge in [-0.3, -0.25) is 29.0 Å². The molecule has 0 saturated carbocycles. The molecular formula is C45H69N9O8. The van der Waals surface area contributed by atoms with Crippen molar-refractivity contribution in [3.63, 3.8) is 0 Å². The third-order valence-corrected chi connectivity index (χ3v) is 10.5. The minimum absolute atomic E-state index is 0.0109. The van der Waals surface area contributed by atoms with Crippen LogP contribution < -0.4 is 43.8 Å². The van der Waals surface area contributed by atoms with Crippen molar-refractivity contribution in [2.24, 2.45) is 39.9 Å². The van der Waals surface area contributed by atoms with Gasteiger partial charge in [-0.15, -0.1) is 0 Å². The number of unbranched alkanes of at least 4 members (excludes halogenated alkanes) is 1. The largest absolute Gasteiger partial charge is 0.508 e. The van der Waals surface area contributed by atoms with Crippen molar-refractivity contribution in [2.75, 3.05) is 20.1 Å². The zero-order chi connectivity index (χ0) is 46.2. The fraction of sp³-hybridized carbons (Fsp3) is 0.511. The summed E-state index contributed by atoms with van der Waals surface area (Å²) in [5.74, 6) is -4.56. The highest BCUT2D eigenvalue weighted by Gasteiger charge is 2.30. The van der Waals surface area contributed by atoms with Crippen LogP contribution in [0, 0.1) is 17.8 Å². The number of phenols is 2. The van der Waals surface area contributed by atoms with E-state index in [9.17, 15) is 39.3 Å². The lowest BCUT2D eigenvalue weighted by Crippen LogP contribution is -2.55. The van der Waals surface area contributed by atoms with Crippen LogP contribution in [0.1, 0.15) is 77.3 Å². The first-order valence-electron chi connectivity index (χ1n) is 21.3. The highest BCUT2D eigenvalue weighted by molar-refractivity contribution is 5.93. The highest BCUT2D eigenvalue weighted by atomic mass is 16.4. The van der Waals surface area contributed by atoms with Crippen LogP contribution in [-0.4, -0.2) is 101 Å². The van der Waals surface area contributed by atoms with Gasteiger partial charge in [-0.25, -0.2) is 0 Å². The number of aliphatic carboxylic acids is 1. The van der Waals surface area contributed by atoms with Gasteiger partial charge >= 0.3 is 5.97 Å². The number of carbonyl (C=O) groups excluding carboxylic acids is 4. The third-order valence-electron chi connectivity index (χ3n) is 10.5. The second kappa shape index (κ2) is 27.8. The summed E-state index contributed by atoms with van der Waals surface area (Å²) in [4.78, 5) is 71.1. The van der Waals surface area contributed by atoms with Crippen molar-refractivity contribution >= 4 is 35.6 Å². The van der Waals surface area contributed by atoms with E-state index in [0.717, 1.165) is 12.0 Å². The Bertz CT molecular complexity index is 1800. The van der Waals surface area contributed by atoms with Crippen LogP contribution in [0.4, 0.5) is 0 Å². The first-order valence-corrected chi connectivity index (χ1v) is 21.3. The molecule has 8 atom stereocenters. The quantitative estimate of drug-likeness (QED) is 0.0254. The van der Waals surface area contributed by atoms with E-state index in [2.05, 4.69) is 31.6 Å². The number of aliphatic imine (C=N–C) groups is 1. The number of phenolic OH excluding ortho intramolecular Hbond substituents is 2. The van der Waals surface area contributed by atoms with Gasteiger partial charge in [0.05, 0.1) is 17.9 Å². The SMILES string of the molecule is CCC(C)C(C=CC(Cc1ccc(O)cc1)C(=O)NC(Cc1ccc(O)cc1)C(=O)NC(CCCCN)C(=O)NC(C)C=CC(CCCN=C(N)N)C(=O)O)NC(=O)C(C)NC. The average Bonchev–Trinajstić information content (AvgIpc) is 3.23. The van der Waals surface area contributed by atoms with Gasteiger partial charge < -0.3 is 59.1 Å². The van der Waals surface area contributed by atoms with Crippen molar-refractivity contribution in [1.82, 2.24) is 26.6 Å². The molecule has 0 radical (unpaired) electrons. The molecule has 17 heteroatoms. The summed E-state index contributed by atoms with van der Waals surface area (Å²) in [6.45, 7) is 8.07. The van der Waals surface area contributed by atoms with Crippen LogP contribution in [0.5, 0.6) is 11.5 Å². The average molecular weight is 864 g/mol. The predicted octanol–water partition coefficient (Wildman–Crippen LogP) is 2.11. The van der Waals surface area contributed by atoms with E-state index in [1.54, 1.807) is 63.4 Å². The van der Waals surface area contributed by atoms with Crippen LogP contribution in [0.25, 0.3) is 0 Å². The van der Waals surface area contributed by atoms with E-state index in [0.29, 0.717) is 31.4 Å². The number of carboxylic acid groups (broad SMARTS) is 1. The number of nitrogens with one attached hydrogen (secondary N) is 5. The number of aromatic hydroxyl groups is 2. The standard InChI is InChI=1S/C45H69N9O8/c1-6-28(2)37(52-40(57)30(4)49-5)23-18-34(26-31-13-19-35(55)20-14-31)41(58)54-39(27-32-15-21-36(56)22-16-32)43(60)53-38(11-7-8-24-46)42(59)51-29(3)12-17-33(44(61)62)10-9-25-50-45(47)48/h12-23,28-30,33-34,37-39,49,55-56H,6-11,24-27,46H2,1-5H3,(H,51,59)(H,52,57)(H,53,60)(H,54,58)(H,61,62)(H4,47,48,50). The molecule has 8 unspecified atom stereocenters. The lowest BCUT2D eigenvalue weighted by atomic mass is 9.93. The Balaban J connectivity index is 2.45. The Morgan fingerprint density at radius 1 is 0.677 bits per heavy atom. The number of nitrogens with zero attached hydrogens (tertiary/aromatic N) is 1. The van der Waals surface area contributed by atoms with E-state index < -0.39 is 65.7 Å². The molecule has 2 rings (SSSR count). The molecule has 0 aliphatic heterocycles. The van der Waals surface area contributed by atoms with E-state index in [4.69, 9.17) is 17.2 Å². The Morgan fingerprint density at radius 2 is 1.24 bits per heavy atom. The van der Waals surface area contributed by atoms with Gasteiger partial charge in [-0.05, 0) is 107 Å². The van der Waals surface area contributed by atoms with Gasteiger partial charge in [-0.1, -0.05) is 68.8 Å². The van der Waals surface area contributed by atoms with Gasteiger partial charge in [0.1, 0.15) is 23.6 Å². The molecule has 4 amide bonds. The molecular weight excluding hydrogens is 795 g/mol. The number of guanidine groups is 1. The van der Waals surface area contributed by atoms with Crippen LogP contribution in [0.3, 0.4) is 0 Å². The van der Waals surface area contributed by atoms with Crippen molar-refractivity contribution < 1.29 is 39.3 Å². The molecule has 0 aliphatic carbocycles. The molecule has 0 saturated heterocycles. The monoisotopic (exact) mass is 864 g/mol. The first kappa shape index (κ1) is 52.2. The summed E-state index contributed by atoms with van der Waals surface area (Å²) >= 11 is 0. The van der Waals surface area contributed by atoms with Gasteiger partial charge in [0.25, 0.3) is 0 Å². The Morgan fingerprint density at radius 3 is 1.79 bits per heavy atom. The molecule has 0 spiro atoms. The molecule has 62 heavy (non-hydrogen) atoms. The Hall–Kier alpha value is -5.94. The molecule has 0 fully saturated rings. The Labute approximate surface area is 365 Å². The lowest BCUT2D eigenvalue weighted by molar-refractivity contribution is -0.140. The zero-order valence-electron chi connectivity index (χ0n) is 36.7. The third kappa shape index (κ3) is 19.6. The topological polar surface area (TPSA) is 297 Å². The number of nitrogens with two attached hydrogens (primary N) is 3. The predicted molar refractivity (Wildman–Crippen MR) is 241 cm³/mol. The summed E-state index contributed by atoms with van der Waals surface area (Å²) in [5, 5.41) is 44.2. The van der Waals surface area contributed by atoms with Crippen LogP contribution in [0.15, 0.2) is 77.8 Å². The molecule has 14 N–H and O–H groups in total. The maximum atomic E-state index is 14.4. The summed E-state index contributed by atoms with van der Waals surface area (Å²) < 4.78 is 0. The highest BCUT2D eigenvalue weighted by Crippen LogP contribution is 2.19. The lowest BCUT2D eigenvalue weighted by Gasteiger charge is -2.26. The summed E-state index contributed by atoms with van der Waals surface area (Å²) in [6.07, 6.45) is 9.55. The summed E-state index contributed by atoms with van der Waals surface area (Å²) in [5.41, 5.74) is 17.8. The van der Waals surface area contributed by atoms with E-state index in [1.807, 2.05) is 13.8 Å². The van der Waals surface area contributed by atoms with Crippen molar-refractivity contribution in [3.05, 3.63) is 84.0 Å². The van der Waals surface area contributed by atoms with Gasteiger partial charge in [0.2, 0.25) is 23.6 Å². The number of rotatable bonds is 28. The van der Waals surface area contributed by atoms with Crippen molar-refractivity contribution in [1.29, 1.82) is 0 Å². The fourth-order valence-electron chi connectivity index (χ4n) is 6.33. The van der Waals surface area contributed by atoms with Gasteiger partial charge in [0, 0.05) is 25.0 Å². The zero-order valence-corrected chi connectivity index (χ0v) is 36.7. The minimum Gasteiger partial charge on any atom is -0.508 e. The number of benzene rings is 2. The van der Waals surface area contributed by atoms with E-state index in [1.165, 1.54) is 30.3 Å². The molecule has 0 aliphatic rings. The second-order valence-corrected chi connectivity index (χ2v) is 15.6. The number of hydrogen-bond acceptors (Lipinski definition) is 10. The van der Waals surface area contributed by atoms with Crippen LogP contribution >= 0.6 is 0 Å². The number of carbonyl (C=O) groups is 5. The van der Waals surface area contributed by atoms with Gasteiger partial charge in [-0.2, -0.15) is 0 Å². The van der Waals surface area contributed by atoms with Crippen molar-refractivity contribution in [2.45, 2.75) is 109 Å². The second-order valence-electron chi connectivity index (χ2n) is 15.6. The first-order chi connectivity index (χ1) is 29.5. The maximum absolute atomic E-state index is 14.4. The van der Waals surface area contributed by atoms with Crippen molar-refractivity contribution in [3.8, 4) is 11.5 Å². The van der Waals surface area contributed by atoms with E-state index in [-0.39, 0.29) is 61.5 Å². The molecule has 0 bridgehead atoms. The molecule has 17 nitrogen and oxygen atoms in total. The number of carboxylic acids is 1. The summed E-state index contributed by atoms with van der Waals surface area (Å²) in [7, 11) is 1.69. The Kier molecular flexibility index (Phi) is 23.4. The fourth-order valence-corrected chi connectivity index (χ4v) is 6.33. The molecule has 0 aromatic heterocycles. The number of hydrogen-bond donors (Lipinski definition) is 11. The summed E-state index contributed by atoms with van der Waals surface area (Å²) in [6, 6.07) is 8.95. The van der Waals surface area contributed by atoms with Crippen LogP contribution in [0.2, 0.25) is 0 Å².